The van der Waals surface area contributed by atoms with Gasteiger partial charge in [-0.15, -0.1) is 0 Å². The molecular weight excluding hydrogens is 360 g/mol. The topological polar surface area (TPSA) is 82.5 Å². The van der Waals surface area contributed by atoms with Crippen molar-refractivity contribution < 1.29 is 24.5 Å². The van der Waals surface area contributed by atoms with Crippen molar-refractivity contribution in [1.29, 1.82) is 0 Å². The zero-order chi connectivity index (χ0) is 20.7. The van der Waals surface area contributed by atoms with E-state index in [1.807, 2.05) is 32.9 Å². The number of esters is 1. The number of rotatable bonds is 9. The molecule has 0 aromatic heterocycles. The molecule has 7 heteroatoms. The molecule has 7 nitrogen and oxygen atoms in total. The Morgan fingerprint density at radius 2 is 1.82 bits per heavy atom. The number of methoxy groups -OCH3 is 1. The summed E-state index contributed by atoms with van der Waals surface area (Å²) in [5, 5.41) is 19.5. The van der Waals surface area contributed by atoms with E-state index in [4.69, 9.17) is 14.6 Å². The molecule has 1 unspecified atom stereocenters. The average molecular weight is 395 g/mol. The average Bonchev–Trinajstić information content (AvgIpc) is 2.67. The van der Waals surface area contributed by atoms with Gasteiger partial charge in [-0.3, -0.25) is 9.80 Å². The number of aryl methyl sites for hydroxylation is 1. The largest absolute Gasteiger partial charge is 0.490 e. The Labute approximate surface area is 167 Å². The maximum atomic E-state index is 12.3. The van der Waals surface area contributed by atoms with Crippen molar-refractivity contribution in [2.45, 2.75) is 32.8 Å². The molecule has 0 saturated carbocycles. The molecule has 0 spiro atoms. The third-order valence-electron chi connectivity index (χ3n) is 5.18. The number of carbonyl (C=O) groups is 1. The molecule has 1 fully saturated rings. The molecule has 1 aromatic carbocycles. The summed E-state index contributed by atoms with van der Waals surface area (Å²) in [6, 6.07) is 3.87. The van der Waals surface area contributed by atoms with Crippen LogP contribution in [0.2, 0.25) is 0 Å². The Balaban J connectivity index is 2.01. The fraction of sp³-hybridized carbons (Fsp3) is 0.667. The molecule has 2 N–H and O–H groups in total. The van der Waals surface area contributed by atoms with Gasteiger partial charge < -0.3 is 19.7 Å². The minimum absolute atomic E-state index is 0.115. The number of β-amino-alcohol motifs (C(OH)–C–C–N with tert-alkyl or cyclic N) is 2. The summed E-state index contributed by atoms with van der Waals surface area (Å²) in [7, 11) is 1.36. The lowest BCUT2D eigenvalue weighted by Gasteiger charge is -2.35. The summed E-state index contributed by atoms with van der Waals surface area (Å²) in [5.41, 5.74) is 2.15. The molecule has 0 amide bonds. The zero-order valence-corrected chi connectivity index (χ0v) is 17.5. The van der Waals surface area contributed by atoms with Crippen LogP contribution in [0.15, 0.2) is 12.1 Å². The predicted molar refractivity (Wildman–Crippen MR) is 108 cm³/mol. The van der Waals surface area contributed by atoms with Gasteiger partial charge in [-0.1, -0.05) is 26.0 Å². The molecule has 0 bridgehead atoms. The van der Waals surface area contributed by atoms with E-state index in [0.717, 1.165) is 37.3 Å². The van der Waals surface area contributed by atoms with Gasteiger partial charge in [0, 0.05) is 39.3 Å². The number of aliphatic hydroxyl groups excluding tert-OH is 2. The highest BCUT2D eigenvalue weighted by Crippen LogP contribution is 2.33. The van der Waals surface area contributed by atoms with Crippen LogP contribution in [0.5, 0.6) is 5.75 Å². The summed E-state index contributed by atoms with van der Waals surface area (Å²) in [6.07, 6.45) is -0.657. The van der Waals surface area contributed by atoms with Crippen LogP contribution >= 0.6 is 0 Å². The predicted octanol–water partition coefficient (Wildman–Crippen LogP) is 1.25. The van der Waals surface area contributed by atoms with Crippen LogP contribution in [0.4, 0.5) is 0 Å². The number of benzene rings is 1. The number of ether oxygens (including phenoxy) is 2. The molecule has 1 aliphatic heterocycles. The van der Waals surface area contributed by atoms with Crippen LogP contribution in [0.25, 0.3) is 0 Å². The standard InChI is InChI=1S/C21H34N2O5/c1-15(2)18-6-5-16(3)19(21(26)27-4)20(18)28-14-17(25)13-23-9-7-22(8-10-23)11-12-24/h5-6,15,17,24-25H,7-14H2,1-4H3. The zero-order valence-electron chi connectivity index (χ0n) is 17.5. The number of piperazine rings is 1. The van der Waals surface area contributed by atoms with Gasteiger partial charge in [0.25, 0.3) is 0 Å². The summed E-state index contributed by atoms with van der Waals surface area (Å²) >= 11 is 0. The van der Waals surface area contributed by atoms with Crippen LogP contribution < -0.4 is 4.74 Å². The Kier molecular flexibility index (Phi) is 8.69. The van der Waals surface area contributed by atoms with Gasteiger partial charge >= 0.3 is 5.97 Å². The molecule has 0 aliphatic carbocycles. The van der Waals surface area contributed by atoms with Crippen molar-refractivity contribution in [3.05, 3.63) is 28.8 Å². The van der Waals surface area contributed by atoms with E-state index in [1.165, 1.54) is 7.11 Å². The van der Waals surface area contributed by atoms with Crippen LogP contribution in [-0.4, -0.2) is 91.7 Å². The highest BCUT2D eigenvalue weighted by molar-refractivity contribution is 5.94. The maximum Gasteiger partial charge on any atom is 0.341 e. The van der Waals surface area contributed by atoms with Crippen molar-refractivity contribution in [3.63, 3.8) is 0 Å². The summed E-state index contributed by atoms with van der Waals surface area (Å²) in [5.74, 6) is 0.258. The lowest BCUT2D eigenvalue weighted by atomic mass is 9.96. The molecule has 1 saturated heterocycles. The Bertz CT molecular complexity index is 642. The van der Waals surface area contributed by atoms with Crippen LogP contribution in [0.3, 0.4) is 0 Å². The number of hydrogen-bond donors (Lipinski definition) is 2. The number of carbonyl (C=O) groups excluding carboxylic acids is 1. The number of hydrogen-bond acceptors (Lipinski definition) is 7. The van der Waals surface area contributed by atoms with Crippen molar-refractivity contribution in [3.8, 4) is 5.75 Å². The van der Waals surface area contributed by atoms with E-state index in [-0.39, 0.29) is 19.1 Å². The molecule has 1 aliphatic rings. The second-order valence-electron chi connectivity index (χ2n) is 7.65. The first-order valence-corrected chi connectivity index (χ1v) is 9.95. The quantitative estimate of drug-likeness (QED) is 0.610. The van der Waals surface area contributed by atoms with Crippen molar-refractivity contribution in [1.82, 2.24) is 9.80 Å². The second kappa shape index (κ2) is 10.8. The lowest BCUT2D eigenvalue weighted by molar-refractivity contribution is 0.0413. The van der Waals surface area contributed by atoms with Crippen molar-refractivity contribution in [2.24, 2.45) is 0 Å². The van der Waals surface area contributed by atoms with E-state index >= 15 is 0 Å². The van der Waals surface area contributed by atoms with Crippen molar-refractivity contribution >= 4 is 5.97 Å². The molecular formula is C21H34N2O5. The first-order chi connectivity index (χ1) is 13.4. The van der Waals surface area contributed by atoms with Crippen LogP contribution in [0.1, 0.15) is 41.3 Å². The van der Waals surface area contributed by atoms with E-state index < -0.39 is 12.1 Å². The summed E-state index contributed by atoms with van der Waals surface area (Å²) in [4.78, 5) is 16.7. The van der Waals surface area contributed by atoms with E-state index in [0.29, 0.717) is 24.4 Å². The fourth-order valence-electron chi connectivity index (χ4n) is 3.53. The first kappa shape index (κ1) is 22.6. The van der Waals surface area contributed by atoms with Crippen LogP contribution in [0, 0.1) is 6.92 Å². The van der Waals surface area contributed by atoms with Gasteiger partial charge in [-0.2, -0.15) is 0 Å². The smallest absolute Gasteiger partial charge is 0.341 e. The lowest BCUT2D eigenvalue weighted by Crippen LogP contribution is -2.49. The van der Waals surface area contributed by atoms with Gasteiger partial charge in [-0.05, 0) is 24.0 Å². The first-order valence-electron chi connectivity index (χ1n) is 9.95. The molecule has 28 heavy (non-hydrogen) atoms. The molecule has 158 valence electrons. The normalized spacial score (nSPS) is 17.0. The second-order valence-corrected chi connectivity index (χ2v) is 7.65. The third-order valence-corrected chi connectivity index (χ3v) is 5.18. The minimum atomic E-state index is -0.657. The highest BCUT2D eigenvalue weighted by atomic mass is 16.5. The van der Waals surface area contributed by atoms with E-state index in [2.05, 4.69) is 9.80 Å². The fourth-order valence-corrected chi connectivity index (χ4v) is 3.53. The Hall–Kier alpha value is -1.67. The third kappa shape index (κ3) is 5.91. The van der Waals surface area contributed by atoms with Gasteiger partial charge in [0.15, 0.2) is 0 Å². The SMILES string of the molecule is COC(=O)c1c(C)ccc(C(C)C)c1OCC(O)CN1CCN(CCO)CC1. The molecule has 0 radical (unpaired) electrons. The number of nitrogens with zero attached hydrogens (tertiary/aromatic N) is 2. The van der Waals surface area contributed by atoms with Crippen molar-refractivity contribution in [2.75, 3.05) is 59.6 Å². The Morgan fingerprint density at radius 1 is 1.18 bits per heavy atom. The van der Waals surface area contributed by atoms with E-state index in [1.54, 1.807) is 0 Å². The molecule has 1 aromatic rings. The van der Waals surface area contributed by atoms with Gasteiger partial charge in [0.1, 0.15) is 24.0 Å². The highest BCUT2D eigenvalue weighted by Gasteiger charge is 2.23. The molecule has 1 atom stereocenters. The van der Waals surface area contributed by atoms with Gasteiger partial charge in [0.2, 0.25) is 0 Å². The maximum absolute atomic E-state index is 12.3. The van der Waals surface area contributed by atoms with Gasteiger partial charge in [0.05, 0.1) is 13.7 Å². The monoisotopic (exact) mass is 394 g/mol. The Morgan fingerprint density at radius 3 is 2.39 bits per heavy atom. The molecule has 2 rings (SSSR count). The van der Waals surface area contributed by atoms with E-state index in [9.17, 15) is 9.90 Å². The molecule has 1 heterocycles. The minimum Gasteiger partial charge on any atom is -0.490 e. The summed E-state index contributed by atoms with van der Waals surface area (Å²) in [6.45, 7) is 10.9. The number of aliphatic hydroxyl groups is 2. The van der Waals surface area contributed by atoms with Crippen LogP contribution in [-0.2, 0) is 4.74 Å². The summed E-state index contributed by atoms with van der Waals surface area (Å²) < 4.78 is 10.9. The van der Waals surface area contributed by atoms with Gasteiger partial charge in [-0.25, -0.2) is 4.79 Å².